The van der Waals surface area contributed by atoms with Gasteiger partial charge >= 0.3 is 0 Å². The zero-order valence-electron chi connectivity index (χ0n) is 80.9. The molecule has 0 amide bonds. The van der Waals surface area contributed by atoms with Gasteiger partial charge in [-0.2, -0.15) is 0 Å². The largest absolute Gasteiger partial charge is 0.0617 e. The average Bonchev–Trinajstić information content (AvgIpc) is 1.57. The lowest BCUT2D eigenvalue weighted by atomic mass is 9.63. The Morgan fingerprint density at radius 2 is 0.423 bits per heavy atom. The maximum absolute atomic E-state index is 2.41. The minimum Gasteiger partial charge on any atom is -0.0617 e. The van der Waals surface area contributed by atoms with Crippen molar-refractivity contribution in [3.63, 3.8) is 0 Å². The summed E-state index contributed by atoms with van der Waals surface area (Å²) in [4.78, 5) is 0. The normalized spacial score (nSPS) is 25.3. The van der Waals surface area contributed by atoms with Crippen LogP contribution in [0.2, 0.25) is 0 Å². The summed E-state index contributed by atoms with van der Waals surface area (Å²) >= 11 is 0. The van der Waals surface area contributed by atoms with Gasteiger partial charge in [0.25, 0.3) is 0 Å². The van der Waals surface area contributed by atoms with Crippen LogP contribution < -0.4 is 0 Å². The van der Waals surface area contributed by atoms with Crippen molar-refractivity contribution in [1.29, 1.82) is 0 Å². The topological polar surface area (TPSA) is 0 Å². The first-order chi connectivity index (χ1) is 45.7. The van der Waals surface area contributed by atoms with E-state index in [4.69, 9.17) is 0 Å². The van der Waals surface area contributed by atoms with Crippen LogP contribution in [0.5, 0.6) is 0 Å². The monoisotopic (exact) mass is 1450 g/mol. The summed E-state index contributed by atoms with van der Waals surface area (Å²) in [6, 6.07) is 17.9. The van der Waals surface area contributed by atoms with Crippen LogP contribution in [-0.2, 0) is 21.7 Å². The molecule has 0 heteroatoms. The molecule has 0 nitrogen and oxygen atoms in total. The molecule has 2 aromatic rings. The van der Waals surface area contributed by atoms with Crippen molar-refractivity contribution in [2.45, 2.75) is 463 Å². The average molecular weight is 1450 g/mol. The second kappa shape index (κ2) is 36.5. The molecule has 0 radical (unpaired) electrons. The van der Waals surface area contributed by atoms with Crippen molar-refractivity contribution in [3.8, 4) is 0 Å². The van der Waals surface area contributed by atoms with Crippen molar-refractivity contribution < 1.29 is 0 Å². The van der Waals surface area contributed by atoms with Crippen molar-refractivity contribution >= 4 is 0 Å². The Labute approximate surface area is 659 Å². The van der Waals surface area contributed by atoms with E-state index < -0.39 is 0 Å². The molecule has 0 aliphatic heterocycles. The van der Waals surface area contributed by atoms with Crippen LogP contribution in [0.4, 0.5) is 0 Å². The zero-order chi connectivity index (χ0) is 82.3. The van der Waals surface area contributed by atoms with Crippen LogP contribution in [0.15, 0.2) is 48.5 Å². The van der Waals surface area contributed by atoms with E-state index in [0.717, 1.165) is 59.2 Å². The summed E-state index contributed by atoms with van der Waals surface area (Å²) in [5.74, 6) is 9.54. The maximum atomic E-state index is 2.41. The first-order valence-electron chi connectivity index (χ1n) is 43.9. The highest BCUT2D eigenvalue weighted by Crippen LogP contribution is 2.68. The lowest BCUT2D eigenvalue weighted by Gasteiger charge is -2.42. The molecule has 6 fully saturated rings. The third-order valence-electron chi connectivity index (χ3n) is 27.8. The molecule has 0 N–H and O–H groups in total. The molecule has 8 rings (SSSR count). The van der Waals surface area contributed by atoms with Crippen LogP contribution in [0.1, 0.15) is 464 Å². The van der Waals surface area contributed by atoms with E-state index in [0.29, 0.717) is 70.4 Å². The Balaban J connectivity index is 0.000000595. The summed E-state index contributed by atoms with van der Waals surface area (Å²) < 4.78 is 0. The number of hydrogen-bond donors (Lipinski definition) is 0. The Kier molecular flexibility index (Phi) is 35.3. The van der Waals surface area contributed by atoms with Gasteiger partial charge in [-0.3, -0.25) is 0 Å². The number of rotatable bonds is 0. The van der Waals surface area contributed by atoms with E-state index in [1.807, 2.05) is 0 Å². The molecule has 6 saturated carbocycles. The molecule has 6 aliphatic rings. The molecule has 0 spiro atoms. The van der Waals surface area contributed by atoms with Crippen molar-refractivity contribution in [2.75, 3.05) is 0 Å². The molecule has 612 valence electrons. The van der Waals surface area contributed by atoms with E-state index >= 15 is 0 Å². The minimum absolute atomic E-state index is 0.251. The Morgan fingerprint density at radius 1 is 0.212 bits per heavy atom. The summed E-state index contributed by atoms with van der Waals surface area (Å²) in [7, 11) is 0. The van der Waals surface area contributed by atoms with Crippen molar-refractivity contribution in [3.05, 3.63) is 70.8 Å². The van der Waals surface area contributed by atoms with E-state index in [1.54, 1.807) is 0 Å². The predicted molar refractivity (Wildman–Crippen MR) is 477 cm³/mol. The quantitative estimate of drug-likeness (QED) is 0.247. The molecule has 8 atom stereocenters. The highest BCUT2D eigenvalue weighted by Gasteiger charge is 2.58. The van der Waals surface area contributed by atoms with Gasteiger partial charge in [0.05, 0.1) is 0 Å². The van der Waals surface area contributed by atoms with Crippen LogP contribution in [-0.4, -0.2) is 0 Å². The van der Waals surface area contributed by atoms with Gasteiger partial charge in [0, 0.05) is 0 Å². The molecule has 0 saturated heterocycles. The third-order valence-corrected chi connectivity index (χ3v) is 27.8. The number of benzene rings is 2. The Hall–Kier alpha value is -1.56. The van der Waals surface area contributed by atoms with Crippen LogP contribution >= 0.6 is 0 Å². The van der Waals surface area contributed by atoms with E-state index in [2.05, 4.69) is 381 Å². The molecule has 2 aromatic carbocycles. The van der Waals surface area contributed by atoms with Gasteiger partial charge in [-0.15, -0.1) is 0 Å². The minimum atomic E-state index is 0.251. The van der Waals surface area contributed by atoms with Crippen molar-refractivity contribution in [1.82, 2.24) is 0 Å². The van der Waals surface area contributed by atoms with E-state index in [1.165, 1.54) is 131 Å². The van der Waals surface area contributed by atoms with Gasteiger partial charge in [0.15, 0.2) is 0 Å². The summed E-state index contributed by atoms with van der Waals surface area (Å²) in [6.45, 7) is 113. The summed E-state index contributed by atoms with van der Waals surface area (Å²) in [6.07, 6.45) is 24.6. The third kappa shape index (κ3) is 34.2. The van der Waals surface area contributed by atoms with E-state index in [9.17, 15) is 0 Å². The number of hydrogen-bond acceptors (Lipinski definition) is 0. The molecule has 0 heterocycles. The Morgan fingerprint density at radius 3 is 0.587 bits per heavy atom. The van der Waals surface area contributed by atoms with Gasteiger partial charge in [0.2, 0.25) is 0 Å². The molecule has 8 unspecified atom stereocenters. The first kappa shape index (κ1) is 100. The molecular formula is C104H196. The molecule has 104 heavy (non-hydrogen) atoms. The first-order valence-corrected chi connectivity index (χ1v) is 43.9. The van der Waals surface area contributed by atoms with Gasteiger partial charge in [-0.25, -0.2) is 0 Å². The molecular weight excluding hydrogens is 1250 g/mol. The fourth-order valence-electron chi connectivity index (χ4n) is 19.0. The summed E-state index contributed by atoms with van der Waals surface area (Å²) in [5.41, 5.74) is 13.5. The van der Waals surface area contributed by atoms with Gasteiger partial charge in [-0.1, -0.05) is 394 Å². The SMILES string of the molecule is CC(C)(C)C1(C(C)(C)C)CC1.CC(C)(C)C1CC1C(C)(C)C.CC(C)(C)C1CCC(C(C)(C)C)C1.CC(C)(C)C1CCC(C(C)(C)C)CC1.CC(C)(C)C1CCCC(C(C)(C)C)C1.CC(C)(C)C1CCCC1C(C)(C)C.CC(C)(C)c1ccc(C(C)(C)C)cc1.CC(C)(C)c1cccc(C(C)(C)C)c1. The predicted octanol–water partition coefficient (Wildman–Crippen LogP) is 34.9. The standard InChI is InChI=1S/C14H28.C14H22.C14H28.C14H22.2C13H26.2C11H22/c2*1-13(2,3)11-7-9-12(10-8-11)14(4,5)6;2*1-13(2,3)11-8-7-9-12(10-11)14(4,5)6;1-12(2,3)10-7-8-11(9-10)13(4,5)6;1-12(2,3)10-8-7-9-11(10)13(4,5)6;1-10(2,3)8-7-9(8)11(4,5)6;1-9(2,3)11(7-8-11)10(4,5)6/h11-12H,7-10H2,1-6H3;7-10H,1-6H3;11-12H,7-10H2,1-6H3;7-10H,1-6H3;2*10-11H,7-9H2,1-6H3;8-9H,7H2,1-6H3;7-8H2,1-6H3. The fraction of sp³-hybridized carbons (Fsp3) is 0.885. The molecule has 6 aliphatic carbocycles. The van der Waals surface area contributed by atoms with Crippen LogP contribution in [0.25, 0.3) is 0 Å². The summed E-state index contributed by atoms with van der Waals surface area (Å²) in [5, 5.41) is 0. The van der Waals surface area contributed by atoms with Crippen molar-refractivity contribution in [2.24, 2.45) is 130 Å². The molecule has 0 aromatic heterocycles. The van der Waals surface area contributed by atoms with Gasteiger partial charge in [-0.05, 0) is 270 Å². The highest BCUT2D eigenvalue weighted by molar-refractivity contribution is 5.33. The lowest BCUT2D eigenvalue weighted by Crippen LogP contribution is -2.34. The molecule has 0 bridgehead atoms. The smallest absolute Gasteiger partial charge is 0.0132 e. The second-order valence-corrected chi connectivity index (χ2v) is 52.8. The van der Waals surface area contributed by atoms with E-state index in [-0.39, 0.29) is 21.7 Å². The maximum Gasteiger partial charge on any atom is -0.0132 e. The Bertz CT molecular complexity index is 2530. The lowest BCUT2D eigenvalue weighted by molar-refractivity contribution is 0.0745. The van der Waals surface area contributed by atoms with Crippen LogP contribution in [0.3, 0.4) is 0 Å². The van der Waals surface area contributed by atoms with Gasteiger partial charge < -0.3 is 0 Å². The zero-order valence-corrected chi connectivity index (χ0v) is 80.9. The van der Waals surface area contributed by atoms with Crippen LogP contribution in [0, 0.1) is 130 Å². The second-order valence-electron chi connectivity index (χ2n) is 52.8. The highest BCUT2D eigenvalue weighted by atomic mass is 14.6. The van der Waals surface area contributed by atoms with Gasteiger partial charge in [0.1, 0.15) is 0 Å². The fourth-order valence-corrected chi connectivity index (χ4v) is 19.0.